The number of nitrogens with zero attached hydrogens (tertiary/aromatic N) is 2. The third kappa shape index (κ3) is 2.74. The molecule has 6 nitrogen and oxygen atoms in total. The molecule has 2 aromatic carbocycles. The first-order valence-electron chi connectivity index (χ1n) is 7.82. The zero-order chi connectivity index (χ0) is 16.5. The van der Waals surface area contributed by atoms with Crippen molar-refractivity contribution in [2.45, 2.75) is 18.8 Å². The van der Waals surface area contributed by atoms with Crippen LogP contribution >= 0.6 is 0 Å². The van der Waals surface area contributed by atoms with Gasteiger partial charge in [0.15, 0.2) is 0 Å². The van der Waals surface area contributed by atoms with Gasteiger partial charge in [-0.15, -0.1) is 0 Å². The van der Waals surface area contributed by atoms with E-state index in [0.29, 0.717) is 17.2 Å². The van der Waals surface area contributed by atoms with Crippen molar-refractivity contribution in [3.8, 4) is 5.75 Å². The summed E-state index contributed by atoms with van der Waals surface area (Å²) in [4.78, 5) is 12.1. The standard InChI is InChI=1S/C18H16N4O2/c23-17-8-7-11-3-1-2-4-13(11)14(17)10-19-22-18(24)16-9-15(20-21-16)12-5-6-12/h1-4,7-10,12,23H,5-6H2,(H,20,21)(H,22,24). The van der Waals surface area contributed by atoms with Crippen molar-refractivity contribution in [3.05, 3.63) is 59.4 Å². The Balaban J connectivity index is 1.52. The highest BCUT2D eigenvalue weighted by molar-refractivity contribution is 6.03. The summed E-state index contributed by atoms with van der Waals surface area (Å²) < 4.78 is 0. The average molecular weight is 320 g/mol. The van der Waals surface area contributed by atoms with Crippen LogP contribution in [0.1, 0.15) is 40.5 Å². The topological polar surface area (TPSA) is 90.4 Å². The van der Waals surface area contributed by atoms with Gasteiger partial charge in [-0.25, -0.2) is 5.43 Å². The Morgan fingerprint density at radius 2 is 2.12 bits per heavy atom. The van der Waals surface area contributed by atoms with Gasteiger partial charge in [-0.2, -0.15) is 10.2 Å². The molecular weight excluding hydrogens is 304 g/mol. The molecule has 1 aliphatic carbocycles. The smallest absolute Gasteiger partial charge is 0.289 e. The predicted molar refractivity (Wildman–Crippen MR) is 91.2 cm³/mol. The molecule has 1 saturated carbocycles. The Morgan fingerprint density at radius 1 is 1.29 bits per heavy atom. The number of amides is 1. The molecule has 0 bridgehead atoms. The zero-order valence-electron chi connectivity index (χ0n) is 12.9. The number of H-pyrrole nitrogens is 1. The van der Waals surface area contributed by atoms with Crippen LogP contribution in [0.3, 0.4) is 0 Å². The number of rotatable bonds is 4. The van der Waals surface area contributed by atoms with Gasteiger partial charge in [0, 0.05) is 11.5 Å². The number of carbonyl (C=O) groups is 1. The Hall–Kier alpha value is -3.15. The highest BCUT2D eigenvalue weighted by Crippen LogP contribution is 2.38. The zero-order valence-corrected chi connectivity index (χ0v) is 12.9. The number of hydrogen-bond donors (Lipinski definition) is 3. The molecule has 0 saturated heterocycles. The van der Waals surface area contributed by atoms with Crippen LogP contribution < -0.4 is 5.43 Å². The molecule has 1 heterocycles. The van der Waals surface area contributed by atoms with Gasteiger partial charge in [-0.05, 0) is 35.7 Å². The maximum absolute atomic E-state index is 12.1. The number of aromatic amines is 1. The Morgan fingerprint density at radius 3 is 2.96 bits per heavy atom. The summed E-state index contributed by atoms with van der Waals surface area (Å²) in [5.74, 6) is 0.244. The van der Waals surface area contributed by atoms with Crippen LogP contribution in [0.4, 0.5) is 0 Å². The summed E-state index contributed by atoms with van der Waals surface area (Å²) in [5.41, 5.74) is 4.34. The molecule has 0 aliphatic heterocycles. The fourth-order valence-corrected chi connectivity index (χ4v) is 2.68. The fourth-order valence-electron chi connectivity index (χ4n) is 2.68. The first-order chi connectivity index (χ1) is 11.7. The molecule has 24 heavy (non-hydrogen) atoms. The second kappa shape index (κ2) is 5.81. The molecule has 0 radical (unpaired) electrons. The van der Waals surface area contributed by atoms with Gasteiger partial charge >= 0.3 is 0 Å². The molecule has 0 unspecified atom stereocenters. The van der Waals surface area contributed by atoms with Crippen LogP contribution in [0.5, 0.6) is 5.75 Å². The van der Waals surface area contributed by atoms with Crippen molar-refractivity contribution in [3.63, 3.8) is 0 Å². The van der Waals surface area contributed by atoms with Crippen LogP contribution in [0.15, 0.2) is 47.6 Å². The third-order valence-corrected chi connectivity index (χ3v) is 4.15. The molecule has 4 rings (SSSR count). The number of hydrazone groups is 1. The van der Waals surface area contributed by atoms with Crippen LogP contribution in [-0.2, 0) is 0 Å². The van der Waals surface area contributed by atoms with E-state index in [2.05, 4.69) is 20.7 Å². The minimum Gasteiger partial charge on any atom is -0.507 e. The number of phenolic OH excluding ortho intramolecular Hbond substituents is 1. The van der Waals surface area contributed by atoms with E-state index in [1.165, 1.54) is 6.21 Å². The Labute approximate surface area is 138 Å². The molecule has 1 amide bonds. The number of aromatic hydroxyl groups is 1. The summed E-state index contributed by atoms with van der Waals surface area (Å²) >= 11 is 0. The van der Waals surface area contributed by atoms with E-state index in [1.807, 2.05) is 30.3 Å². The van der Waals surface area contributed by atoms with E-state index in [0.717, 1.165) is 29.3 Å². The number of fused-ring (bicyclic) bond motifs is 1. The predicted octanol–water partition coefficient (Wildman–Crippen LogP) is 2.91. The lowest BCUT2D eigenvalue weighted by atomic mass is 10.0. The molecule has 1 aromatic heterocycles. The summed E-state index contributed by atoms with van der Waals surface area (Å²) in [6, 6.07) is 12.9. The third-order valence-electron chi connectivity index (χ3n) is 4.15. The van der Waals surface area contributed by atoms with Crippen molar-refractivity contribution in [2.24, 2.45) is 5.10 Å². The van der Waals surface area contributed by atoms with Crippen molar-refractivity contribution < 1.29 is 9.90 Å². The van der Waals surface area contributed by atoms with Gasteiger partial charge in [-0.1, -0.05) is 30.3 Å². The summed E-state index contributed by atoms with van der Waals surface area (Å²) in [6.45, 7) is 0. The summed E-state index contributed by atoms with van der Waals surface area (Å²) in [5, 5.41) is 22.7. The van der Waals surface area contributed by atoms with Gasteiger partial charge < -0.3 is 5.11 Å². The normalized spacial score (nSPS) is 14.3. The van der Waals surface area contributed by atoms with Crippen molar-refractivity contribution in [1.29, 1.82) is 0 Å². The number of aromatic nitrogens is 2. The van der Waals surface area contributed by atoms with E-state index in [4.69, 9.17) is 0 Å². The highest BCUT2D eigenvalue weighted by Gasteiger charge is 2.26. The van der Waals surface area contributed by atoms with Crippen molar-refractivity contribution >= 4 is 22.9 Å². The second-order valence-electron chi connectivity index (χ2n) is 5.90. The lowest BCUT2D eigenvalue weighted by molar-refractivity contribution is 0.0950. The molecule has 120 valence electrons. The van der Waals surface area contributed by atoms with Crippen LogP contribution in [0, 0.1) is 0 Å². The molecule has 3 aromatic rings. The van der Waals surface area contributed by atoms with Gasteiger partial charge in [0.1, 0.15) is 11.4 Å². The molecule has 1 aliphatic rings. The van der Waals surface area contributed by atoms with Gasteiger partial charge in [0.05, 0.1) is 11.9 Å². The minimum atomic E-state index is -0.356. The first-order valence-corrected chi connectivity index (χ1v) is 7.82. The molecule has 3 N–H and O–H groups in total. The average Bonchev–Trinajstić information content (AvgIpc) is 3.33. The number of benzene rings is 2. The fraction of sp³-hybridized carbons (Fsp3) is 0.167. The SMILES string of the molecule is O=C(NN=Cc1c(O)ccc2ccccc12)c1cc(C2CC2)n[nH]1. The van der Waals surface area contributed by atoms with Crippen molar-refractivity contribution in [1.82, 2.24) is 15.6 Å². The molecular formula is C18H16N4O2. The summed E-state index contributed by atoms with van der Waals surface area (Å²) in [6.07, 6.45) is 3.71. The van der Waals surface area contributed by atoms with Crippen LogP contribution in [0.2, 0.25) is 0 Å². The molecule has 0 atom stereocenters. The van der Waals surface area contributed by atoms with Gasteiger partial charge in [0.2, 0.25) is 0 Å². The lowest BCUT2D eigenvalue weighted by Crippen LogP contribution is -2.18. The quantitative estimate of drug-likeness (QED) is 0.510. The minimum absolute atomic E-state index is 0.115. The molecule has 1 fully saturated rings. The maximum atomic E-state index is 12.1. The number of phenols is 1. The number of nitrogens with one attached hydrogen (secondary N) is 2. The van der Waals surface area contributed by atoms with Crippen LogP contribution in [-0.4, -0.2) is 27.4 Å². The van der Waals surface area contributed by atoms with E-state index in [9.17, 15) is 9.90 Å². The van der Waals surface area contributed by atoms with Crippen LogP contribution in [0.25, 0.3) is 10.8 Å². The van der Waals surface area contributed by atoms with E-state index in [1.54, 1.807) is 12.1 Å². The second-order valence-corrected chi connectivity index (χ2v) is 5.90. The van der Waals surface area contributed by atoms with Gasteiger partial charge in [-0.3, -0.25) is 9.89 Å². The van der Waals surface area contributed by atoms with E-state index >= 15 is 0 Å². The number of hydrogen-bond acceptors (Lipinski definition) is 4. The van der Waals surface area contributed by atoms with E-state index in [-0.39, 0.29) is 11.7 Å². The summed E-state index contributed by atoms with van der Waals surface area (Å²) in [7, 11) is 0. The first kappa shape index (κ1) is 14.4. The lowest BCUT2D eigenvalue weighted by Gasteiger charge is -2.04. The maximum Gasteiger partial charge on any atom is 0.289 e. The number of carbonyl (C=O) groups excluding carboxylic acids is 1. The highest BCUT2D eigenvalue weighted by atomic mass is 16.3. The van der Waals surface area contributed by atoms with Gasteiger partial charge in [0.25, 0.3) is 5.91 Å². The van der Waals surface area contributed by atoms with E-state index < -0.39 is 0 Å². The Bertz CT molecular complexity index is 941. The molecule has 6 heteroatoms. The van der Waals surface area contributed by atoms with Crippen molar-refractivity contribution in [2.75, 3.05) is 0 Å². The largest absolute Gasteiger partial charge is 0.507 e. The Kier molecular flexibility index (Phi) is 3.49. The monoisotopic (exact) mass is 320 g/mol. The molecule has 0 spiro atoms.